The molecule has 0 fully saturated rings. The number of halogens is 1. The fraction of sp³-hybridized carbons (Fsp3) is 0.188. The van der Waals surface area contributed by atoms with E-state index in [9.17, 15) is 9.90 Å². The molecule has 5 heteroatoms. The van der Waals surface area contributed by atoms with E-state index in [0.29, 0.717) is 13.0 Å². The number of phenols is 1. The highest BCUT2D eigenvalue weighted by Gasteiger charge is 2.04. The van der Waals surface area contributed by atoms with E-state index < -0.39 is 0 Å². The van der Waals surface area contributed by atoms with Crippen LogP contribution in [0, 0.1) is 6.92 Å². The van der Waals surface area contributed by atoms with Crippen molar-refractivity contribution in [1.82, 2.24) is 5.32 Å². The SMILES string of the molecule is Cc1ccc(NC(=O)NCCc2ccccc2O)cc1Br. The molecule has 2 aromatic rings. The largest absolute Gasteiger partial charge is 0.508 e. The number of hydrogen-bond acceptors (Lipinski definition) is 2. The summed E-state index contributed by atoms with van der Waals surface area (Å²) in [5.74, 6) is 0.252. The number of benzene rings is 2. The van der Waals surface area contributed by atoms with Crippen molar-refractivity contribution in [3.05, 3.63) is 58.1 Å². The number of carbonyl (C=O) groups is 1. The van der Waals surface area contributed by atoms with Crippen LogP contribution in [0.3, 0.4) is 0 Å². The van der Waals surface area contributed by atoms with Gasteiger partial charge in [0.05, 0.1) is 0 Å². The third kappa shape index (κ3) is 4.49. The monoisotopic (exact) mass is 348 g/mol. The minimum absolute atomic E-state index is 0.252. The number of anilines is 1. The number of hydrogen-bond donors (Lipinski definition) is 3. The van der Waals surface area contributed by atoms with Gasteiger partial charge < -0.3 is 15.7 Å². The molecule has 21 heavy (non-hydrogen) atoms. The second-order valence-electron chi connectivity index (χ2n) is 4.72. The molecule has 2 aromatic carbocycles. The van der Waals surface area contributed by atoms with Gasteiger partial charge >= 0.3 is 6.03 Å². The van der Waals surface area contributed by atoms with E-state index in [4.69, 9.17) is 0 Å². The summed E-state index contributed by atoms with van der Waals surface area (Å²) < 4.78 is 0.953. The van der Waals surface area contributed by atoms with Crippen LogP contribution < -0.4 is 10.6 Å². The Morgan fingerprint density at radius 1 is 1.24 bits per heavy atom. The van der Waals surface area contributed by atoms with Crippen LogP contribution in [0.2, 0.25) is 0 Å². The Bertz CT molecular complexity index is 644. The zero-order chi connectivity index (χ0) is 15.2. The molecule has 2 amide bonds. The Morgan fingerprint density at radius 2 is 2.00 bits per heavy atom. The summed E-state index contributed by atoms with van der Waals surface area (Å²) in [5.41, 5.74) is 2.66. The van der Waals surface area contributed by atoms with Crippen LogP contribution in [-0.2, 0) is 6.42 Å². The molecule has 3 N–H and O–H groups in total. The zero-order valence-electron chi connectivity index (χ0n) is 11.7. The van der Waals surface area contributed by atoms with Crippen LogP contribution >= 0.6 is 15.9 Å². The molecular weight excluding hydrogens is 332 g/mol. The van der Waals surface area contributed by atoms with E-state index in [1.165, 1.54) is 0 Å². The van der Waals surface area contributed by atoms with Gasteiger partial charge in [-0.15, -0.1) is 0 Å². The summed E-state index contributed by atoms with van der Waals surface area (Å²) in [4.78, 5) is 11.8. The van der Waals surface area contributed by atoms with Gasteiger partial charge in [-0.3, -0.25) is 0 Å². The Morgan fingerprint density at radius 3 is 2.71 bits per heavy atom. The van der Waals surface area contributed by atoms with Crippen LogP contribution in [0.4, 0.5) is 10.5 Å². The van der Waals surface area contributed by atoms with Crippen LogP contribution in [0.15, 0.2) is 46.9 Å². The maximum absolute atomic E-state index is 11.8. The van der Waals surface area contributed by atoms with Gasteiger partial charge in [-0.2, -0.15) is 0 Å². The molecule has 0 aliphatic rings. The van der Waals surface area contributed by atoms with Gasteiger partial charge in [-0.05, 0) is 42.7 Å². The molecule has 4 nitrogen and oxygen atoms in total. The molecule has 0 saturated carbocycles. The zero-order valence-corrected chi connectivity index (χ0v) is 13.3. The van der Waals surface area contributed by atoms with E-state index in [2.05, 4.69) is 26.6 Å². The molecule has 0 radical (unpaired) electrons. The molecule has 0 aliphatic carbocycles. The number of phenolic OH excluding ortho intramolecular Hbond substituents is 1. The molecule has 0 bridgehead atoms. The number of carbonyl (C=O) groups excluding carboxylic acids is 1. The van der Waals surface area contributed by atoms with E-state index in [1.54, 1.807) is 12.1 Å². The lowest BCUT2D eigenvalue weighted by atomic mass is 10.1. The maximum Gasteiger partial charge on any atom is 0.319 e. The Hall–Kier alpha value is -2.01. The molecule has 0 atom stereocenters. The molecule has 2 rings (SSSR count). The number of amides is 2. The Kier molecular flexibility index (Phi) is 5.22. The maximum atomic E-state index is 11.8. The normalized spacial score (nSPS) is 10.2. The van der Waals surface area contributed by atoms with Crippen molar-refractivity contribution in [3.8, 4) is 5.75 Å². The third-order valence-electron chi connectivity index (χ3n) is 3.10. The van der Waals surface area contributed by atoms with Crippen molar-refractivity contribution >= 4 is 27.6 Å². The number of para-hydroxylation sites is 1. The first-order valence-corrected chi connectivity index (χ1v) is 7.43. The standard InChI is InChI=1S/C16H17BrN2O2/c1-11-6-7-13(10-14(11)17)19-16(21)18-9-8-12-4-2-3-5-15(12)20/h2-7,10,20H,8-9H2,1H3,(H2,18,19,21). The van der Waals surface area contributed by atoms with Crippen LogP contribution in [0.1, 0.15) is 11.1 Å². The number of nitrogens with one attached hydrogen (secondary N) is 2. The minimum Gasteiger partial charge on any atom is -0.508 e. The third-order valence-corrected chi connectivity index (χ3v) is 3.96. The number of rotatable bonds is 4. The first-order valence-electron chi connectivity index (χ1n) is 6.64. The molecule has 0 spiro atoms. The van der Waals surface area contributed by atoms with Gasteiger partial charge in [0.25, 0.3) is 0 Å². The van der Waals surface area contributed by atoms with Crippen molar-refractivity contribution in [1.29, 1.82) is 0 Å². The van der Waals surface area contributed by atoms with Crippen LogP contribution in [0.25, 0.3) is 0 Å². The lowest BCUT2D eigenvalue weighted by molar-refractivity contribution is 0.252. The summed E-state index contributed by atoms with van der Waals surface area (Å²) in [6, 6.07) is 12.5. The topological polar surface area (TPSA) is 61.4 Å². The Balaban J connectivity index is 1.82. The van der Waals surface area contributed by atoms with Crippen molar-refractivity contribution < 1.29 is 9.90 Å². The fourth-order valence-electron chi connectivity index (χ4n) is 1.88. The summed E-state index contributed by atoms with van der Waals surface area (Å²) in [6.07, 6.45) is 0.581. The second-order valence-corrected chi connectivity index (χ2v) is 5.58. The fourth-order valence-corrected chi connectivity index (χ4v) is 2.26. The summed E-state index contributed by atoms with van der Waals surface area (Å²) in [5, 5.41) is 15.2. The Labute approximate surface area is 132 Å². The van der Waals surface area contributed by atoms with E-state index in [1.807, 2.05) is 37.3 Å². The molecule has 0 aliphatic heterocycles. The highest BCUT2D eigenvalue weighted by molar-refractivity contribution is 9.10. The number of aromatic hydroxyl groups is 1. The average Bonchev–Trinajstić information content (AvgIpc) is 2.45. The molecule has 0 aromatic heterocycles. The number of aryl methyl sites for hydroxylation is 1. The van der Waals surface area contributed by atoms with Crippen LogP contribution in [0.5, 0.6) is 5.75 Å². The minimum atomic E-state index is -0.263. The molecule has 0 unspecified atom stereocenters. The van der Waals surface area contributed by atoms with E-state index in [-0.39, 0.29) is 11.8 Å². The van der Waals surface area contributed by atoms with Gasteiger partial charge in [-0.1, -0.05) is 40.2 Å². The second kappa shape index (κ2) is 7.13. The summed E-state index contributed by atoms with van der Waals surface area (Å²) >= 11 is 3.43. The molecular formula is C16H17BrN2O2. The van der Waals surface area contributed by atoms with Gasteiger partial charge in [0.2, 0.25) is 0 Å². The van der Waals surface area contributed by atoms with E-state index >= 15 is 0 Å². The lowest BCUT2D eigenvalue weighted by Gasteiger charge is -2.09. The average molecular weight is 349 g/mol. The van der Waals surface area contributed by atoms with E-state index in [0.717, 1.165) is 21.3 Å². The summed E-state index contributed by atoms with van der Waals surface area (Å²) in [7, 11) is 0. The van der Waals surface area contributed by atoms with Gasteiger partial charge in [0, 0.05) is 16.7 Å². The molecule has 110 valence electrons. The predicted octanol–water partition coefficient (Wildman–Crippen LogP) is 3.83. The van der Waals surface area contributed by atoms with Crippen LogP contribution in [-0.4, -0.2) is 17.7 Å². The van der Waals surface area contributed by atoms with Crippen molar-refractivity contribution in [2.45, 2.75) is 13.3 Å². The highest BCUT2D eigenvalue weighted by Crippen LogP contribution is 2.20. The lowest BCUT2D eigenvalue weighted by Crippen LogP contribution is -2.30. The van der Waals surface area contributed by atoms with Gasteiger partial charge in [-0.25, -0.2) is 4.79 Å². The molecule has 0 saturated heterocycles. The molecule has 0 heterocycles. The highest BCUT2D eigenvalue weighted by atomic mass is 79.9. The van der Waals surface area contributed by atoms with Gasteiger partial charge in [0.15, 0.2) is 0 Å². The summed E-state index contributed by atoms with van der Waals surface area (Å²) in [6.45, 7) is 2.44. The first kappa shape index (κ1) is 15.4. The van der Waals surface area contributed by atoms with Gasteiger partial charge in [0.1, 0.15) is 5.75 Å². The van der Waals surface area contributed by atoms with Crippen molar-refractivity contribution in [2.75, 3.05) is 11.9 Å². The first-order chi connectivity index (χ1) is 10.1. The van der Waals surface area contributed by atoms with Crippen molar-refractivity contribution in [2.24, 2.45) is 0 Å². The quantitative estimate of drug-likeness (QED) is 0.786. The predicted molar refractivity (Wildman–Crippen MR) is 87.7 cm³/mol. The smallest absolute Gasteiger partial charge is 0.319 e. The number of urea groups is 1. The van der Waals surface area contributed by atoms with Crippen molar-refractivity contribution in [3.63, 3.8) is 0 Å².